The van der Waals surface area contributed by atoms with Crippen LogP contribution in [0.25, 0.3) is 21.7 Å². The molecule has 0 unspecified atom stereocenters. The number of esters is 1. The smallest absolute Gasteiger partial charge is 0.342 e. The summed E-state index contributed by atoms with van der Waals surface area (Å²) in [5.74, 6) is 1.49. The molecule has 5 nitrogen and oxygen atoms in total. The van der Waals surface area contributed by atoms with E-state index in [2.05, 4.69) is 4.98 Å². The third-order valence-corrected chi connectivity index (χ3v) is 4.18. The Balaban J connectivity index is 1.77. The number of furan rings is 1. The minimum atomic E-state index is -0.392. The van der Waals surface area contributed by atoms with Gasteiger partial charge < -0.3 is 13.9 Å². The number of hydrogen-bond acceptors (Lipinski definition) is 5. The normalized spacial score (nSPS) is 11.0. The molecule has 26 heavy (non-hydrogen) atoms. The number of fused-ring (bicyclic) bond motifs is 2. The zero-order chi connectivity index (χ0) is 18.1. The Labute approximate surface area is 150 Å². The van der Waals surface area contributed by atoms with Crippen molar-refractivity contribution in [1.82, 2.24) is 4.98 Å². The lowest BCUT2D eigenvalue weighted by atomic mass is 10.1. The highest BCUT2D eigenvalue weighted by Crippen LogP contribution is 2.34. The van der Waals surface area contributed by atoms with Crippen molar-refractivity contribution in [2.24, 2.45) is 0 Å². The second-order valence-electron chi connectivity index (χ2n) is 5.87. The minimum Gasteiger partial charge on any atom is -0.462 e. The summed E-state index contributed by atoms with van der Waals surface area (Å²) in [6, 6.07) is 13.1. The second kappa shape index (κ2) is 6.52. The van der Waals surface area contributed by atoms with Crippen molar-refractivity contribution in [3.8, 4) is 11.5 Å². The van der Waals surface area contributed by atoms with E-state index in [0.29, 0.717) is 34.6 Å². The Morgan fingerprint density at radius 2 is 2.04 bits per heavy atom. The van der Waals surface area contributed by atoms with E-state index in [-0.39, 0.29) is 0 Å². The molecule has 0 bridgehead atoms. The highest BCUT2D eigenvalue weighted by atomic mass is 16.5. The first-order valence-corrected chi connectivity index (χ1v) is 8.38. The van der Waals surface area contributed by atoms with Gasteiger partial charge in [0.05, 0.1) is 6.61 Å². The summed E-state index contributed by atoms with van der Waals surface area (Å²) in [7, 11) is 0. The Morgan fingerprint density at radius 3 is 2.88 bits per heavy atom. The van der Waals surface area contributed by atoms with Crippen molar-refractivity contribution in [2.75, 3.05) is 6.61 Å². The summed E-state index contributed by atoms with van der Waals surface area (Å²) in [6.07, 6.45) is 3.53. The molecule has 2 aromatic carbocycles. The van der Waals surface area contributed by atoms with Crippen LogP contribution < -0.4 is 4.74 Å². The van der Waals surface area contributed by atoms with Crippen LogP contribution in [0.4, 0.5) is 0 Å². The van der Waals surface area contributed by atoms with Gasteiger partial charge in [-0.3, -0.25) is 4.98 Å². The lowest BCUT2D eigenvalue weighted by Gasteiger charge is -2.09. The van der Waals surface area contributed by atoms with E-state index in [1.807, 2.05) is 30.3 Å². The molecule has 0 aliphatic carbocycles. The molecule has 5 heteroatoms. The standard InChI is InChI=1S/C21H17NO4/c1-3-24-21(23)20-13(2)25-19-8-7-15(11-17(19)20)26-18-6-4-5-14-12-22-10-9-16(14)18/h4-12H,3H2,1-2H3. The van der Waals surface area contributed by atoms with Gasteiger partial charge in [0, 0.05) is 28.6 Å². The van der Waals surface area contributed by atoms with Crippen LogP contribution >= 0.6 is 0 Å². The summed E-state index contributed by atoms with van der Waals surface area (Å²) in [4.78, 5) is 16.4. The van der Waals surface area contributed by atoms with Crippen LogP contribution in [0, 0.1) is 6.92 Å². The second-order valence-corrected chi connectivity index (χ2v) is 5.87. The minimum absolute atomic E-state index is 0.311. The molecule has 0 saturated heterocycles. The Kier molecular flexibility index (Phi) is 4.05. The van der Waals surface area contributed by atoms with Gasteiger partial charge in [0.2, 0.25) is 0 Å². The van der Waals surface area contributed by atoms with Gasteiger partial charge in [-0.1, -0.05) is 12.1 Å². The molecule has 0 N–H and O–H groups in total. The highest BCUT2D eigenvalue weighted by molar-refractivity contribution is 6.05. The monoisotopic (exact) mass is 347 g/mol. The predicted molar refractivity (Wildman–Crippen MR) is 98.7 cm³/mol. The predicted octanol–water partition coefficient (Wildman–Crippen LogP) is 5.26. The molecule has 2 aromatic heterocycles. The molecule has 0 aliphatic rings. The maximum absolute atomic E-state index is 12.3. The van der Waals surface area contributed by atoms with E-state index in [1.54, 1.807) is 38.4 Å². The van der Waals surface area contributed by atoms with Crippen LogP contribution in [0.15, 0.2) is 59.3 Å². The molecule has 0 aliphatic heterocycles. The van der Waals surface area contributed by atoms with E-state index < -0.39 is 5.97 Å². The molecule has 130 valence electrons. The van der Waals surface area contributed by atoms with E-state index >= 15 is 0 Å². The van der Waals surface area contributed by atoms with E-state index in [9.17, 15) is 4.79 Å². The van der Waals surface area contributed by atoms with Crippen molar-refractivity contribution in [3.63, 3.8) is 0 Å². The van der Waals surface area contributed by atoms with Gasteiger partial charge in [0.25, 0.3) is 0 Å². The van der Waals surface area contributed by atoms with Gasteiger partial charge in [-0.15, -0.1) is 0 Å². The van der Waals surface area contributed by atoms with Crippen molar-refractivity contribution in [3.05, 3.63) is 66.2 Å². The van der Waals surface area contributed by atoms with Crippen molar-refractivity contribution >= 4 is 27.7 Å². The number of carbonyl (C=O) groups excluding carboxylic acids is 1. The number of aryl methyl sites for hydroxylation is 1. The first-order valence-electron chi connectivity index (χ1n) is 8.38. The SMILES string of the molecule is CCOC(=O)c1c(C)oc2ccc(Oc3cccc4cnccc34)cc12. The van der Waals surface area contributed by atoms with Crippen molar-refractivity contribution < 1.29 is 18.7 Å². The Hall–Kier alpha value is -3.34. The highest BCUT2D eigenvalue weighted by Gasteiger charge is 2.20. The lowest BCUT2D eigenvalue weighted by molar-refractivity contribution is 0.0526. The molecule has 0 spiro atoms. The van der Waals surface area contributed by atoms with Gasteiger partial charge in [-0.25, -0.2) is 4.79 Å². The number of nitrogens with zero attached hydrogens (tertiary/aromatic N) is 1. The number of benzene rings is 2. The number of rotatable bonds is 4. The average Bonchev–Trinajstić information content (AvgIpc) is 2.97. The van der Waals surface area contributed by atoms with Crippen LogP contribution in [-0.2, 0) is 4.74 Å². The quantitative estimate of drug-likeness (QED) is 0.471. The average molecular weight is 347 g/mol. The summed E-state index contributed by atoms with van der Waals surface area (Å²) in [6.45, 7) is 3.84. The fourth-order valence-electron chi connectivity index (χ4n) is 3.03. The maximum Gasteiger partial charge on any atom is 0.342 e. The van der Waals surface area contributed by atoms with E-state index in [1.165, 1.54) is 0 Å². The molecule has 0 saturated carbocycles. The lowest BCUT2D eigenvalue weighted by Crippen LogP contribution is -2.05. The molecule has 0 amide bonds. The zero-order valence-electron chi connectivity index (χ0n) is 14.5. The van der Waals surface area contributed by atoms with E-state index in [4.69, 9.17) is 13.9 Å². The maximum atomic E-state index is 12.3. The number of carbonyl (C=O) groups is 1. The molecule has 2 heterocycles. The molecule has 0 radical (unpaired) electrons. The van der Waals surface area contributed by atoms with Crippen molar-refractivity contribution in [2.45, 2.75) is 13.8 Å². The fraction of sp³-hybridized carbons (Fsp3) is 0.143. The first kappa shape index (κ1) is 16.1. The Bertz CT molecular complexity index is 1110. The number of pyridine rings is 1. The van der Waals surface area contributed by atoms with Crippen LogP contribution in [0.1, 0.15) is 23.0 Å². The van der Waals surface area contributed by atoms with Crippen LogP contribution in [0.5, 0.6) is 11.5 Å². The summed E-state index contributed by atoms with van der Waals surface area (Å²) < 4.78 is 16.9. The first-order chi connectivity index (χ1) is 12.7. The summed E-state index contributed by atoms with van der Waals surface area (Å²) in [5.41, 5.74) is 1.06. The molecule has 4 rings (SSSR count). The molecule has 0 fully saturated rings. The van der Waals surface area contributed by atoms with Gasteiger partial charge in [-0.2, -0.15) is 0 Å². The number of aromatic nitrogens is 1. The topological polar surface area (TPSA) is 61.6 Å². The number of ether oxygens (including phenoxy) is 2. The largest absolute Gasteiger partial charge is 0.462 e. The van der Waals surface area contributed by atoms with Gasteiger partial charge in [0.1, 0.15) is 28.4 Å². The van der Waals surface area contributed by atoms with Crippen LogP contribution in [0.2, 0.25) is 0 Å². The summed E-state index contributed by atoms with van der Waals surface area (Å²) in [5, 5.41) is 2.65. The number of hydrogen-bond donors (Lipinski definition) is 0. The van der Waals surface area contributed by atoms with Gasteiger partial charge >= 0.3 is 5.97 Å². The molecule has 4 aromatic rings. The summed E-state index contributed by atoms with van der Waals surface area (Å²) >= 11 is 0. The van der Waals surface area contributed by atoms with Gasteiger partial charge in [0.15, 0.2) is 0 Å². The Morgan fingerprint density at radius 1 is 1.15 bits per heavy atom. The van der Waals surface area contributed by atoms with E-state index in [0.717, 1.165) is 16.5 Å². The third-order valence-electron chi connectivity index (χ3n) is 4.18. The molecular weight excluding hydrogens is 330 g/mol. The van der Waals surface area contributed by atoms with Crippen LogP contribution in [-0.4, -0.2) is 17.6 Å². The van der Waals surface area contributed by atoms with Gasteiger partial charge in [-0.05, 0) is 44.2 Å². The third kappa shape index (κ3) is 2.77. The van der Waals surface area contributed by atoms with Crippen molar-refractivity contribution in [1.29, 1.82) is 0 Å². The molecular formula is C21H17NO4. The fourth-order valence-corrected chi connectivity index (χ4v) is 3.03. The molecule has 0 atom stereocenters. The van der Waals surface area contributed by atoms with Crippen LogP contribution in [0.3, 0.4) is 0 Å². The zero-order valence-corrected chi connectivity index (χ0v) is 14.5.